The average molecular weight is 267 g/mol. The zero-order valence-electron chi connectivity index (χ0n) is 11.0. The maximum Gasteiger partial charge on any atom is 0.0390 e. The molecule has 0 aliphatic rings. The first-order valence-corrected chi connectivity index (χ1v) is 7.44. The van der Waals surface area contributed by atoms with Gasteiger partial charge in [0.15, 0.2) is 0 Å². The van der Waals surface area contributed by atoms with Crippen LogP contribution in [-0.4, -0.2) is 7.05 Å². The van der Waals surface area contributed by atoms with Crippen molar-refractivity contribution < 1.29 is 0 Å². The van der Waals surface area contributed by atoms with Gasteiger partial charge in [-0.15, -0.1) is 11.3 Å². The zero-order chi connectivity index (χ0) is 13.1. The number of thiophene rings is 1. The molecule has 19 heavy (non-hydrogen) atoms. The smallest absolute Gasteiger partial charge is 0.0390 e. The highest BCUT2D eigenvalue weighted by Gasteiger charge is 2.13. The van der Waals surface area contributed by atoms with Crippen LogP contribution in [0.4, 0.5) is 0 Å². The summed E-state index contributed by atoms with van der Waals surface area (Å²) < 4.78 is 1.40. The lowest BCUT2D eigenvalue weighted by atomic mass is 9.98. The monoisotopic (exact) mass is 267 g/mol. The number of nitrogens with one attached hydrogen (secondary N) is 1. The normalized spacial score (nSPS) is 12.7. The van der Waals surface area contributed by atoms with Gasteiger partial charge in [0.25, 0.3) is 0 Å². The topological polar surface area (TPSA) is 12.0 Å². The highest BCUT2D eigenvalue weighted by Crippen LogP contribution is 2.30. The Morgan fingerprint density at radius 1 is 1.00 bits per heavy atom. The van der Waals surface area contributed by atoms with Crippen molar-refractivity contribution in [1.82, 2.24) is 5.32 Å². The number of benzene rings is 2. The van der Waals surface area contributed by atoms with Crippen molar-refractivity contribution in [1.29, 1.82) is 0 Å². The lowest BCUT2D eigenvalue weighted by molar-refractivity contribution is 0.597. The largest absolute Gasteiger partial charge is 0.313 e. The summed E-state index contributed by atoms with van der Waals surface area (Å²) in [5.74, 6) is 0. The van der Waals surface area contributed by atoms with Gasteiger partial charge < -0.3 is 5.32 Å². The van der Waals surface area contributed by atoms with Crippen LogP contribution in [0.25, 0.3) is 10.1 Å². The standard InChI is InChI=1S/C17H17NS/c1-18-16(12-13-6-3-2-4-7-13)15-9-5-8-14-10-11-19-17(14)15/h2-11,16,18H,12H2,1H3. The third-order valence-electron chi connectivity index (χ3n) is 3.52. The number of fused-ring (bicyclic) bond motifs is 1. The summed E-state index contributed by atoms with van der Waals surface area (Å²) in [7, 11) is 2.04. The first kappa shape index (κ1) is 12.4. The van der Waals surface area contributed by atoms with Gasteiger partial charge in [0, 0.05) is 10.7 Å². The Kier molecular flexibility index (Phi) is 3.62. The van der Waals surface area contributed by atoms with Crippen LogP contribution in [-0.2, 0) is 6.42 Å². The molecule has 1 N–H and O–H groups in total. The van der Waals surface area contributed by atoms with Crippen LogP contribution in [0.5, 0.6) is 0 Å². The predicted molar refractivity (Wildman–Crippen MR) is 83.8 cm³/mol. The highest BCUT2D eigenvalue weighted by molar-refractivity contribution is 7.17. The van der Waals surface area contributed by atoms with Crippen molar-refractivity contribution in [3.05, 3.63) is 71.1 Å². The molecule has 2 heteroatoms. The Balaban J connectivity index is 1.96. The van der Waals surface area contributed by atoms with E-state index in [9.17, 15) is 0 Å². The Hall–Kier alpha value is -1.64. The lowest BCUT2D eigenvalue weighted by Crippen LogP contribution is -2.18. The Morgan fingerprint density at radius 3 is 2.63 bits per heavy atom. The maximum atomic E-state index is 3.46. The van der Waals surface area contributed by atoms with Gasteiger partial charge in [-0.3, -0.25) is 0 Å². The molecule has 0 bridgehead atoms. The van der Waals surface area contributed by atoms with E-state index in [2.05, 4.69) is 65.3 Å². The van der Waals surface area contributed by atoms with Crippen molar-refractivity contribution in [2.75, 3.05) is 7.05 Å². The summed E-state index contributed by atoms with van der Waals surface area (Å²) in [6.45, 7) is 0. The molecular weight excluding hydrogens is 250 g/mol. The average Bonchev–Trinajstić information content (AvgIpc) is 2.94. The molecule has 0 radical (unpaired) electrons. The summed E-state index contributed by atoms with van der Waals surface area (Å²) in [5.41, 5.74) is 2.77. The molecule has 0 aliphatic carbocycles. The van der Waals surface area contributed by atoms with E-state index < -0.39 is 0 Å². The van der Waals surface area contributed by atoms with Crippen molar-refractivity contribution in [3.8, 4) is 0 Å². The summed E-state index contributed by atoms with van der Waals surface area (Å²) >= 11 is 1.83. The Labute approximate surface area is 117 Å². The van der Waals surface area contributed by atoms with Gasteiger partial charge in [-0.25, -0.2) is 0 Å². The molecule has 96 valence electrons. The lowest BCUT2D eigenvalue weighted by Gasteiger charge is -2.17. The van der Waals surface area contributed by atoms with Gasteiger partial charge in [-0.2, -0.15) is 0 Å². The fourth-order valence-corrected chi connectivity index (χ4v) is 3.48. The number of likely N-dealkylation sites (N-methyl/N-ethyl adjacent to an activating group) is 1. The molecule has 1 atom stereocenters. The molecular formula is C17H17NS. The van der Waals surface area contributed by atoms with Gasteiger partial charge in [0.1, 0.15) is 0 Å². The number of rotatable bonds is 4. The van der Waals surface area contributed by atoms with Crippen molar-refractivity contribution in [2.24, 2.45) is 0 Å². The van der Waals surface area contributed by atoms with Crippen molar-refractivity contribution in [3.63, 3.8) is 0 Å². The third-order valence-corrected chi connectivity index (χ3v) is 4.50. The van der Waals surface area contributed by atoms with E-state index in [0.717, 1.165) is 6.42 Å². The SMILES string of the molecule is CNC(Cc1ccccc1)c1cccc2ccsc12. The van der Waals surface area contributed by atoms with Crippen LogP contribution < -0.4 is 5.32 Å². The predicted octanol–water partition coefficient (Wildman–Crippen LogP) is 4.40. The summed E-state index contributed by atoms with van der Waals surface area (Å²) in [6.07, 6.45) is 1.02. The van der Waals surface area contributed by atoms with Crippen molar-refractivity contribution in [2.45, 2.75) is 12.5 Å². The van der Waals surface area contributed by atoms with Crippen molar-refractivity contribution >= 4 is 21.4 Å². The third kappa shape index (κ3) is 2.55. The fourth-order valence-electron chi connectivity index (χ4n) is 2.51. The Bertz CT molecular complexity index is 657. The van der Waals surface area contributed by atoms with Crippen LogP contribution >= 0.6 is 11.3 Å². The second kappa shape index (κ2) is 5.55. The van der Waals surface area contributed by atoms with E-state index in [1.807, 2.05) is 18.4 Å². The number of hydrogen-bond acceptors (Lipinski definition) is 2. The quantitative estimate of drug-likeness (QED) is 0.738. The second-order valence-electron chi connectivity index (χ2n) is 4.72. The van der Waals surface area contributed by atoms with Gasteiger partial charge in [0.2, 0.25) is 0 Å². The minimum atomic E-state index is 0.366. The molecule has 0 aliphatic heterocycles. The molecule has 1 heterocycles. The molecule has 1 nitrogen and oxygen atoms in total. The van der Waals surface area contributed by atoms with E-state index in [1.54, 1.807) is 0 Å². The Morgan fingerprint density at radius 2 is 1.84 bits per heavy atom. The van der Waals surface area contributed by atoms with Crippen LogP contribution in [0.15, 0.2) is 60.0 Å². The van der Waals surface area contributed by atoms with Crippen LogP contribution in [0.3, 0.4) is 0 Å². The van der Waals surface area contributed by atoms with Gasteiger partial charge >= 0.3 is 0 Å². The van der Waals surface area contributed by atoms with E-state index >= 15 is 0 Å². The molecule has 0 fully saturated rings. The first-order valence-electron chi connectivity index (χ1n) is 6.56. The molecule has 0 saturated heterocycles. The van der Waals surface area contributed by atoms with Gasteiger partial charge in [-0.05, 0) is 41.4 Å². The summed E-state index contributed by atoms with van der Waals surface area (Å²) in [6, 6.07) is 19.8. The number of hydrogen-bond donors (Lipinski definition) is 1. The second-order valence-corrected chi connectivity index (χ2v) is 5.63. The van der Waals surface area contributed by atoms with Crippen LogP contribution in [0.2, 0.25) is 0 Å². The molecule has 0 amide bonds. The fraction of sp³-hybridized carbons (Fsp3) is 0.176. The van der Waals surface area contributed by atoms with E-state index in [1.165, 1.54) is 21.2 Å². The van der Waals surface area contributed by atoms with Gasteiger partial charge in [0.05, 0.1) is 0 Å². The molecule has 0 spiro atoms. The van der Waals surface area contributed by atoms with Crippen LogP contribution in [0.1, 0.15) is 17.2 Å². The molecule has 3 rings (SSSR count). The maximum absolute atomic E-state index is 3.46. The van der Waals surface area contributed by atoms with E-state index in [0.29, 0.717) is 6.04 Å². The molecule has 2 aromatic carbocycles. The summed E-state index contributed by atoms with van der Waals surface area (Å²) in [5, 5.41) is 6.97. The van der Waals surface area contributed by atoms with Gasteiger partial charge in [-0.1, -0.05) is 48.5 Å². The minimum Gasteiger partial charge on any atom is -0.313 e. The minimum absolute atomic E-state index is 0.366. The molecule has 3 aromatic rings. The highest BCUT2D eigenvalue weighted by atomic mass is 32.1. The van der Waals surface area contributed by atoms with Crippen LogP contribution in [0, 0.1) is 0 Å². The van der Waals surface area contributed by atoms with E-state index in [-0.39, 0.29) is 0 Å². The van der Waals surface area contributed by atoms with E-state index in [4.69, 9.17) is 0 Å². The molecule has 1 unspecified atom stereocenters. The molecule has 0 saturated carbocycles. The first-order chi connectivity index (χ1) is 9.38. The summed E-state index contributed by atoms with van der Waals surface area (Å²) in [4.78, 5) is 0. The zero-order valence-corrected chi connectivity index (χ0v) is 11.8. The molecule has 1 aromatic heterocycles.